The van der Waals surface area contributed by atoms with Gasteiger partial charge in [0.2, 0.25) is 0 Å². The summed E-state index contributed by atoms with van der Waals surface area (Å²) in [6.07, 6.45) is 0. The van der Waals surface area contributed by atoms with Crippen LogP contribution < -0.4 is 5.32 Å². The molecule has 0 aliphatic carbocycles. The van der Waals surface area contributed by atoms with Crippen molar-refractivity contribution in [3.63, 3.8) is 0 Å². The summed E-state index contributed by atoms with van der Waals surface area (Å²) < 4.78 is 0. The van der Waals surface area contributed by atoms with Crippen molar-refractivity contribution >= 4 is 29.2 Å². The predicted octanol–water partition coefficient (Wildman–Crippen LogP) is 4.08. The standard InChI is InChI=1S/C14H16ClN3S/c1-9-13(16-3)17-10(2)18-14(9)19-8-11-6-4-5-7-12(11)15/h4-7H,8H2,1-3H3,(H,16,17,18). The van der Waals surface area contributed by atoms with E-state index in [2.05, 4.69) is 15.3 Å². The van der Waals surface area contributed by atoms with Gasteiger partial charge in [-0.25, -0.2) is 9.97 Å². The fourth-order valence-electron chi connectivity index (χ4n) is 1.75. The Labute approximate surface area is 122 Å². The van der Waals surface area contributed by atoms with Gasteiger partial charge < -0.3 is 5.32 Å². The Morgan fingerprint density at radius 3 is 2.63 bits per heavy atom. The van der Waals surface area contributed by atoms with Gasteiger partial charge in [-0.1, -0.05) is 29.8 Å². The van der Waals surface area contributed by atoms with Crippen LogP contribution in [0.1, 0.15) is 17.0 Å². The Balaban J connectivity index is 2.20. The van der Waals surface area contributed by atoms with Gasteiger partial charge in [-0.2, -0.15) is 0 Å². The van der Waals surface area contributed by atoms with E-state index < -0.39 is 0 Å². The third-order valence-electron chi connectivity index (χ3n) is 2.77. The Hall–Kier alpha value is -1.26. The van der Waals surface area contributed by atoms with Crippen LogP contribution in [-0.2, 0) is 5.75 Å². The van der Waals surface area contributed by atoms with Gasteiger partial charge in [-0.3, -0.25) is 0 Å². The second-order valence-electron chi connectivity index (χ2n) is 4.18. The molecule has 2 aromatic rings. The van der Waals surface area contributed by atoms with Crippen molar-refractivity contribution < 1.29 is 0 Å². The first-order valence-corrected chi connectivity index (χ1v) is 7.37. The fourth-order valence-corrected chi connectivity index (χ4v) is 3.08. The fraction of sp³-hybridized carbons (Fsp3) is 0.286. The van der Waals surface area contributed by atoms with E-state index in [1.807, 2.05) is 45.2 Å². The van der Waals surface area contributed by atoms with Crippen molar-refractivity contribution in [2.75, 3.05) is 12.4 Å². The average Bonchev–Trinajstić information content (AvgIpc) is 2.41. The molecule has 0 bridgehead atoms. The Bertz CT molecular complexity index is 587. The topological polar surface area (TPSA) is 37.8 Å². The summed E-state index contributed by atoms with van der Waals surface area (Å²) in [4.78, 5) is 8.86. The normalized spacial score (nSPS) is 10.5. The molecule has 0 saturated carbocycles. The van der Waals surface area contributed by atoms with Crippen LogP contribution in [0, 0.1) is 13.8 Å². The molecule has 1 aromatic heterocycles. The van der Waals surface area contributed by atoms with Crippen molar-refractivity contribution in [1.29, 1.82) is 0 Å². The molecule has 2 rings (SSSR count). The van der Waals surface area contributed by atoms with E-state index in [0.29, 0.717) is 0 Å². The summed E-state index contributed by atoms with van der Waals surface area (Å²) in [6, 6.07) is 7.89. The first kappa shape index (κ1) is 14.2. The Kier molecular flexibility index (Phi) is 4.66. The van der Waals surface area contributed by atoms with Crippen LogP contribution in [0.3, 0.4) is 0 Å². The van der Waals surface area contributed by atoms with Gasteiger partial charge in [0.05, 0.1) is 0 Å². The molecule has 0 unspecified atom stereocenters. The van der Waals surface area contributed by atoms with Crippen LogP contribution in [0.2, 0.25) is 5.02 Å². The minimum atomic E-state index is 0.775. The number of aryl methyl sites for hydroxylation is 1. The molecule has 3 nitrogen and oxygen atoms in total. The second-order valence-corrected chi connectivity index (χ2v) is 5.55. The molecular weight excluding hydrogens is 278 g/mol. The number of halogens is 1. The molecule has 1 N–H and O–H groups in total. The van der Waals surface area contributed by atoms with Crippen molar-refractivity contribution in [1.82, 2.24) is 9.97 Å². The number of nitrogens with one attached hydrogen (secondary N) is 1. The van der Waals surface area contributed by atoms with E-state index >= 15 is 0 Å². The number of hydrogen-bond acceptors (Lipinski definition) is 4. The van der Waals surface area contributed by atoms with Crippen LogP contribution in [0.15, 0.2) is 29.3 Å². The number of aromatic nitrogens is 2. The second kappa shape index (κ2) is 6.26. The minimum Gasteiger partial charge on any atom is -0.373 e. The van der Waals surface area contributed by atoms with Crippen molar-refractivity contribution in [3.05, 3.63) is 46.2 Å². The van der Waals surface area contributed by atoms with E-state index in [1.54, 1.807) is 11.8 Å². The van der Waals surface area contributed by atoms with Gasteiger partial charge in [-0.05, 0) is 25.5 Å². The van der Waals surface area contributed by atoms with Crippen LogP contribution in [0.5, 0.6) is 0 Å². The summed E-state index contributed by atoms with van der Waals surface area (Å²) in [6.45, 7) is 3.93. The maximum absolute atomic E-state index is 6.16. The van der Waals surface area contributed by atoms with E-state index in [1.165, 1.54) is 0 Å². The van der Waals surface area contributed by atoms with Gasteiger partial charge in [0.1, 0.15) is 16.7 Å². The molecule has 0 aliphatic heterocycles. The molecule has 0 amide bonds. The molecule has 0 spiro atoms. The van der Waals surface area contributed by atoms with Crippen molar-refractivity contribution in [2.45, 2.75) is 24.6 Å². The van der Waals surface area contributed by atoms with Crippen LogP contribution in [0.4, 0.5) is 5.82 Å². The quantitative estimate of drug-likeness (QED) is 0.681. The summed E-state index contributed by atoms with van der Waals surface area (Å²) in [7, 11) is 1.87. The third-order valence-corrected chi connectivity index (χ3v) is 4.27. The van der Waals surface area contributed by atoms with Gasteiger partial charge in [0.25, 0.3) is 0 Å². The number of thioether (sulfide) groups is 1. The highest BCUT2D eigenvalue weighted by molar-refractivity contribution is 7.98. The Morgan fingerprint density at radius 1 is 1.21 bits per heavy atom. The van der Waals surface area contributed by atoms with Crippen LogP contribution in [0.25, 0.3) is 0 Å². The molecular formula is C14H16ClN3S. The van der Waals surface area contributed by atoms with E-state index in [9.17, 15) is 0 Å². The lowest BCUT2D eigenvalue weighted by atomic mass is 10.2. The van der Waals surface area contributed by atoms with Crippen molar-refractivity contribution in [2.24, 2.45) is 0 Å². The van der Waals surface area contributed by atoms with Gasteiger partial charge in [0.15, 0.2) is 0 Å². The summed E-state index contributed by atoms with van der Waals surface area (Å²) in [5, 5.41) is 4.89. The van der Waals surface area contributed by atoms with Crippen LogP contribution in [-0.4, -0.2) is 17.0 Å². The maximum atomic E-state index is 6.16. The first-order valence-electron chi connectivity index (χ1n) is 6.01. The van der Waals surface area contributed by atoms with Crippen LogP contribution >= 0.6 is 23.4 Å². The number of hydrogen-bond donors (Lipinski definition) is 1. The van der Waals surface area contributed by atoms with Gasteiger partial charge in [-0.15, -0.1) is 11.8 Å². The summed E-state index contributed by atoms with van der Waals surface area (Å²) >= 11 is 7.84. The molecule has 0 saturated heterocycles. The number of nitrogens with zero attached hydrogens (tertiary/aromatic N) is 2. The number of rotatable bonds is 4. The largest absolute Gasteiger partial charge is 0.373 e. The number of benzene rings is 1. The molecule has 0 fully saturated rings. The average molecular weight is 294 g/mol. The van der Waals surface area contributed by atoms with E-state index in [0.717, 1.165) is 38.6 Å². The first-order chi connectivity index (χ1) is 9.11. The highest BCUT2D eigenvalue weighted by Gasteiger charge is 2.09. The van der Waals surface area contributed by atoms with Crippen molar-refractivity contribution in [3.8, 4) is 0 Å². The zero-order valence-electron chi connectivity index (χ0n) is 11.2. The monoisotopic (exact) mass is 293 g/mol. The SMILES string of the molecule is CNc1nc(C)nc(SCc2ccccc2Cl)c1C. The molecule has 0 atom stereocenters. The maximum Gasteiger partial charge on any atom is 0.133 e. The van der Waals surface area contributed by atoms with Gasteiger partial charge >= 0.3 is 0 Å². The molecule has 19 heavy (non-hydrogen) atoms. The molecule has 0 radical (unpaired) electrons. The molecule has 1 heterocycles. The molecule has 100 valence electrons. The third kappa shape index (κ3) is 3.39. The van der Waals surface area contributed by atoms with E-state index in [-0.39, 0.29) is 0 Å². The summed E-state index contributed by atoms with van der Waals surface area (Å²) in [5.74, 6) is 2.46. The zero-order chi connectivity index (χ0) is 13.8. The molecule has 5 heteroatoms. The smallest absolute Gasteiger partial charge is 0.133 e. The predicted molar refractivity (Wildman–Crippen MR) is 82.1 cm³/mol. The van der Waals surface area contributed by atoms with Gasteiger partial charge in [0, 0.05) is 23.4 Å². The molecule has 1 aromatic carbocycles. The highest BCUT2D eigenvalue weighted by Crippen LogP contribution is 2.29. The Morgan fingerprint density at radius 2 is 1.95 bits per heavy atom. The lowest BCUT2D eigenvalue weighted by molar-refractivity contribution is 0.940. The lowest BCUT2D eigenvalue weighted by Gasteiger charge is -2.10. The summed E-state index contributed by atoms with van der Waals surface area (Å²) in [5.41, 5.74) is 2.20. The lowest BCUT2D eigenvalue weighted by Crippen LogP contribution is -2.02. The molecule has 0 aliphatic rings. The number of anilines is 1. The zero-order valence-corrected chi connectivity index (χ0v) is 12.8. The van der Waals surface area contributed by atoms with E-state index in [4.69, 9.17) is 11.6 Å². The minimum absolute atomic E-state index is 0.775. The highest BCUT2D eigenvalue weighted by atomic mass is 35.5.